The minimum Gasteiger partial charge on any atom is -0.298 e. The molecule has 0 aromatic carbocycles. The lowest BCUT2D eigenvalue weighted by Gasteiger charge is -2.06. The molecule has 3 aromatic heterocycles. The standard InChI is InChI=1S/C15H14N4O2S2/c1-8-7-19-13(21)9(6-16-15(19)22-8)12(20)18-14-17-10-4-2-3-5-11(10)23-14/h6-7H,2-5H2,1H3,(H,17,18,20). The number of carbonyl (C=O) groups excluding carboxylic acids is 1. The van der Waals surface area contributed by atoms with E-state index in [0.29, 0.717) is 10.1 Å². The normalized spacial score (nSPS) is 14.0. The van der Waals surface area contributed by atoms with E-state index in [1.165, 1.54) is 44.6 Å². The molecular formula is C15H14N4O2S2. The highest BCUT2D eigenvalue weighted by atomic mass is 32.1. The third kappa shape index (κ3) is 2.57. The summed E-state index contributed by atoms with van der Waals surface area (Å²) in [6.45, 7) is 1.90. The predicted octanol–water partition coefficient (Wildman–Crippen LogP) is 2.65. The monoisotopic (exact) mass is 346 g/mol. The molecule has 0 spiro atoms. The zero-order chi connectivity index (χ0) is 16.0. The third-order valence-corrected chi connectivity index (χ3v) is 5.82. The van der Waals surface area contributed by atoms with Crippen LogP contribution in [0.15, 0.2) is 17.2 Å². The summed E-state index contributed by atoms with van der Waals surface area (Å²) in [4.78, 5) is 36.3. The van der Waals surface area contributed by atoms with E-state index in [0.717, 1.165) is 29.8 Å². The largest absolute Gasteiger partial charge is 0.298 e. The molecule has 118 valence electrons. The van der Waals surface area contributed by atoms with Crippen molar-refractivity contribution in [2.24, 2.45) is 0 Å². The maximum absolute atomic E-state index is 12.4. The highest BCUT2D eigenvalue weighted by Gasteiger charge is 2.19. The summed E-state index contributed by atoms with van der Waals surface area (Å²) in [7, 11) is 0. The number of thiazole rings is 2. The van der Waals surface area contributed by atoms with Crippen molar-refractivity contribution < 1.29 is 4.79 Å². The van der Waals surface area contributed by atoms with Crippen LogP contribution in [0.3, 0.4) is 0 Å². The van der Waals surface area contributed by atoms with Crippen LogP contribution in [0.2, 0.25) is 0 Å². The molecule has 0 atom stereocenters. The molecule has 0 saturated heterocycles. The minimum absolute atomic E-state index is 0.0356. The lowest BCUT2D eigenvalue weighted by atomic mass is 10.0. The Kier molecular flexibility index (Phi) is 3.50. The first kappa shape index (κ1) is 14.5. The van der Waals surface area contributed by atoms with E-state index in [4.69, 9.17) is 0 Å². The second-order valence-corrected chi connectivity index (χ2v) is 7.82. The SMILES string of the molecule is Cc1cn2c(=O)c(C(=O)Nc3nc4c(s3)CCCC4)cnc2s1. The van der Waals surface area contributed by atoms with E-state index in [2.05, 4.69) is 15.3 Å². The molecule has 1 amide bonds. The number of amides is 1. The van der Waals surface area contributed by atoms with Crippen molar-refractivity contribution in [2.75, 3.05) is 5.32 Å². The Morgan fingerprint density at radius 3 is 2.96 bits per heavy atom. The number of anilines is 1. The van der Waals surface area contributed by atoms with Crippen molar-refractivity contribution in [1.29, 1.82) is 0 Å². The molecule has 1 aliphatic carbocycles. The van der Waals surface area contributed by atoms with Gasteiger partial charge in [0.15, 0.2) is 10.1 Å². The second kappa shape index (κ2) is 5.54. The fourth-order valence-corrected chi connectivity index (χ4v) is 4.55. The average Bonchev–Trinajstić information content (AvgIpc) is 3.09. The van der Waals surface area contributed by atoms with Crippen molar-refractivity contribution in [3.05, 3.63) is 43.8 Å². The number of aromatic nitrogens is 3. The number of nitrogens with zero attached hydrogens (tertiary/aromatic N) is 3. The minimum atomic E-state index is -0.452. The molecule has 3 heterocycles. The van der Waals surface area contributed by atoms with Gasteiger partial charge in [-0.05, 0) is 32.6 Å². The van der Waals surface area contributed by atoms with E-state index in [-0.39, 0.29) is 11.1 Å². The predicted molar refractivity (Wildman–Crippen MR) is 90.8 cm³/mol. The smallest absolute Gasteiger partial charge is 0.271 e. The Balaban J connectivity index is 1.65. The maximum Gasteiger partial charge on any atom is 0.271 e. The third-order valence-electron chi connectivity index (χ3n) is 3.83. The van der Waals surface area contributed by atoms with E-state index < -0.39 is 5.91 Å². The van der Waals surface area contributed by atoms with Crippen LogP contribution in [0.1, 0.15) is 38.6 Å². The Bertz CT molecular complexity index is 946. The molecule has 1 N–H and O–H groups in total. The first-order chi connectivity index (χ1) is 11.1. The lowest BCUT2D eigenvalue weighted by molar-refractivity contribution is 0.102. The Morgan fingerprint density at radius 1 is 1.30 bits per heavy atom. The van der Waals surface area contributed by atoms with Crippen LogP contribution >= 0.6 is 22.7 Å². The molecular weight excluding hydrogens is 332 g/mol. The summed E-state index contributed by atoms with van der Waals surface area (Å²) in [5, 5.41) is 3.31. The van der Waals surface area contributed by atoms with E-state index in [1.807, 2.05) is 6.92 Å². The molecule has 8 heteroatoms. The van der Waals surface area contributed by atoms with Gasteiger partial charge in [-0.3, -0.25) is 19.3 Å². The Hall–Kier alpha value is -2.06. The maximum atomic E-state index is 12.4. The Labute approximate surface area is 139 Å². The molecule has 1 aliphatic rings. The number of hydrogen-bond acceptors (Lipinski definition) is 6. The van der Waals surface area contributed by atoms with Crippen LogP contribution in [-0.2, 0) is 12.8 Å². The Morgan fingerprint density at radius 2 is 2.13 bits per heavy atom. The summed E-state index contributed by atoms with van der Waals surface area (Å²) in [5.74, 6) is -0.452. The molecule has 23 heavy (non-hydrogen) atoms. The molecule has 0 radical (unpaired) electrons. The van der Waals surface area contributed by atoms with Gasteiger partial charge in [0.2, 0.25) is 0 Å². The van der Waals surface area contributed by atoms with Gasteiger partial charge in [0, 0.05) is 22.1 Å². The molecule has 0 saturated carbocycles. The molecule has 0 bridgehead atoms. The van der Waals surface area contributed by atoms with Crippen LogP contribution in [0, 0.1) is 6.92 Å². The van der Waals surface area contributed by atoms with Crippen molar-refractivity contribution in [2.45, 2.75) is 32.6 Å². The molecule has 4 rings (SSSR count). The number of fused-ring (bicyclic) bond motifs is 2. The van der Waals surface area contributed by atoms with Gasteiger partial charge in [-0.15, -0.1) is 22.7 Å². The summed E-state index contributed by atoms with van der Waals surface area (Å²) >= 11 is 2.92. The van der Waals surface area contributed by atoms with E-state index >= 15 is 0 Å². The molecule has 6 nitrogen and oxygen atoms in total. The highest BCUT2D eigenvalue weighted by Crippen LogP contribution is 2.29. The first-order valence-corrected chi connectivity index (χ1v) is 9.03. The fourth-order valence-electron chi connectivity index (χ4n) is 2.72. The van der Waals surface area contributed by atoms with Gasteiger partial charge < -0.3 is 0 Å². The van der Waals surface area contributed by atoms with Gasteiger partial charge >= 0.3 is 0 Å². The highest BCUT2D eigenvalue weighted by molar-refractivity contribution is 7.17. The van der Waals surface area contributed by atoms with Gasteiger partial charge in [-0.1, -0.05) is 0 Å². The van der Waals surface area contributed by atoms with Gasteiger partial charge in [0.05, 0.1) is 5.69 Å². The van der Waals surface area contributed by atoms with Crippen LogP contribution in [-0.4, -0.2) is 20.3 Å². The quantitative estimate of drug-likeness (QED) is 0.774. The summed E-state index contributed by atoms with van der Waals surface area (Å²) in [6, 6.07) is 0. The van der Waals surface area contributed by atoms with E-state index in [9.17, 15) is 9.59 Å². The average molecular weight is 346 g/mol. The molecule has 0 aliphatic heterocycles. The molecule has 3 aromatic rings. The lowest BCUT2D eigenvalue weighted by Crippen LogP contribution is -2.25. The number of nitrogens with one attached hydrogen (secondary N) is 1. The van der Waals surface area contributed by atoms with Crippen molar-refractivity contribution in [3.8, 4) is 0 Å². The van der Waals surface area contributed by atoms with Gasteiger partial charge in [-0.25, -0.2) is 9.97 Å². The second-order valence-electron chi connectivity index (χ2n) is 5.52. The number of aryl methyl sites for hydroxylation is 3. The van der Waals surface area contributed by atoms with Gasteiger partial charge in [-0.2, -0.15) is 0 Å². The van der Waals surface area contributed by atoms with Crippen molar-refractivity contribution in [3.63, 3.8) is 0 Å². The summed E-state index contributed by atoms with van der Waals surface area (Å²) in [6.07, 6.45) is 7.34. The van der Waals surface area contributed by atoms with Crippen molar-refractivity contribution in [1.82, 2.24) is 14.4 Å². The number of hydrogen-bond donors (Lipinski definition) is 1. The fraction of sp³-hybridized carbons (Fsp3) is 0.333. The van der Waals surface area contributed by atoms with Gasteiger partial charge in [0.25, 0.3) is 11.5 Å². The molecule has 0 unspecified atom stereocenters. The van der Waals surface area contributed by atoms with Crippen LogP contribution < -0.4 is 10.9 Å². The molecule has 0 fully saturated rings. The van der Waals surface area contributed by atoms with E-state index in [1.54, 1.807) is 6.20 Å². The van der Waals surface area contributed by atoms with Crippen LogP contribution in [0.5, 0.6) is 0 Å². The van der Waals surface area contributed by atoms with Crippen LogP contribution in [0.4, 0.5) is 5.13 Å². The summed E-state index contributed by atoms with van der Waals surface area (Å²) < 4.78 is 1.42. The first-order valence-electron chi connectivity index (χ1n) is 7.39. The number of rotatable bonds is 2. The van der Waals surface area contributed by atoms with Crippen molar-refractivity contribution >= 4 is 38.7 Å². The van der Waals surface area contributed by atoms with Crippen LogP contribution in [0.25, 0.3) is 4.96 Å². The zero-order valence-electron chi connectivity index (χ0n) is 12.5. The summed E-state index contributed by atoms with van der Waals surface area (Å²) in [5.41, 5.74) is 0.766. The number of carbonyl (C=O) groups is 1. The van der Waals surface area contributed by atoms with Gasteiger partial charge in [0.1, 0.15) is 5.56 Å². The zero-order valence-corrected chi connectivity index (χ0v) is 14.1. The topological polar surface area (TPSA) is 76.4 Å².